The van der Waals surface area contributed by atoms with Crippen LogP contribution < -0.4 is 0 Å². The van der Waals surface area contributed by atoms with Crippen molar-refractivity contribution >= 4 is 22.4 Å². The molecule has 3 aromatic carbocycles. The number of hydrogen-bond donors (Lipinski definition) is 1. The van der Waals surface area contributed by atoms with Crippen molar-refractivity contribution in [2.24, 2.45) is 0 Å². The van der Waals surface area contributed by atoms with Crippen LogP contribution in [0.2, 0.25) is 5.02 Å². The Morgan fingerprint density at radius 1 is 0.857 bits per heavy atom. The second kappa shape index (κ2) is 4.87. The van der Waals surface area contributed by atoms with Gasteiger partial charge in [-0.3, -0.25) is 0 Å². The van der Waals surface area contributed by atoms with E-state index in [9.17, 15) is 5.11 Å². The van der Waals surface area contributed by atoms with Crippen LogP contribution in [0.5, 0.6) is 0 Å². The van der Waals surface area contributed by atoms with E-state index in [1.807, 2.05) is 24.3 Å². The van der Waals surface area contributed by atoms with Crippen LogP contribution in [-0.4, -0.2) is 5.11 Å². The van der Waals surface area contributed by atoms with Crippen molar-refractivity contribution in [1.29, 1.82) is 0 Å². The predicted octanol–water partition coefficient (Wildman–Crippen LogP) is 4.67. The van der Waals surface area contributed by atoms with E-state index >= 15 is 0 Å². The summed E-state index contributed by atoms with van der Waals surface area (Å²) >= 11 is 5.93. The number of benzene rings is 3. The second-order valence-corrected chi connectivity index (χ2v) is 6.04. The van der Waals surface area contributed by atoms with Crippen LogP contribution in [-0.2, 0) is 12.8 Å². The van der Waals surface area contributed by atoms with E-state index in [-0.39, 0.29) is 0 Å². The number of hydrogen-bond acceptors (Lipinski definition) is 1. The summed E-state index contributed by atoms with van der Waals surface area (Å²) in [5, 5.41) is 13.9. The van der Waals surface area contributed by atoms with Crippen molar-refractivity contribution in [3.8, 4) is 0 Å². The molecule has 0 spiro atoms. The summed E-state index contributed by atoms with van der Waals surface area (Å²) in [4.78, 5) is 0. The van der Waals surface area contributed by atoms with Crippen LogP contribution in [0.4, 0.5) is 0 Å². The third kappa shape index (κ3) is 2.05. The fourth-order valence-electron chi connectivity index (χ4n) is 3.33. The van der Waals surface area contributed by atoms with Gasteiger partial charge in [0, 0.05) is 5.02 Å². The van der Waals surface area contributed by atoms with E-state index in [4.69, 9.17) is 11.6 Å². The Morgan fingerprint density at radius 3 is 2.33 bits per heavy atom. The Labute approximate surface area is 128 Å². The zero-order valence-electron chi connectivity index (χ0n) is 11.5. The number of aliphatic hydroxyl groups excluding tert-OH is 1. The van der Waals surface area contributed by atoms with Crippen molar-refractivity contribution in [1.82, 2.24) is 0 Å². The highest BCUT2D eigenvalue weighted by Crippen LogP contribution is 2.36. The van der Waals surface area contributed by atoms with Gasteiger partial charge >= 0.3 is 0 Å². The SMILES string of the molecule is OC(c1ccc(Cl)cc1)c1ccc2c3c(cccc13)CC2. The average molecular weight is 295 g/mol. The first-order chi connectivity index (χ1) is 10.2. The predicted molar refractivity (Wildman–Crippen MR) is 86.9 cm³/mol. The van der Waals surface area contributed by atoms with Gasteiger partial charge in [0.1, 0.15) is 6.10 Å². The summed E-state index contributed by atoms with van der Waals surface area (Å²) in [6.45, 7) is 0. The van der Waals surface area contributed by atoms with E-state index in [0.717, 1.165) is 24.0 Å². The quantitative estimate of drug-likeness (QED) is 0.728. The summed E-state index contributed by atoms with van der Waals surface area (Å²) in [6, 6.07) is 18.0. The van der Waals surface area contributed by atoms with Crippen molar-refractivity contribution in [3.63, 3.8) is 0 Å². The summed E-state index contributed by atoms with van der Waals surface area (Å²) in [5.74, 6) is 0. The standard InChI is InChI=1S/C19H15ClO/c20-15-9-6-14(7-10-15)19(21)17-11-8-13-5-4-12-2-1-3-16(17)18(12)13/h1-3,6-11,19,21H,4-5H2. The molecular weight excluding hydrogens is 280 g/mol. The molecule has 1 aliphatic carbocycles. The van der Waals surface area contributed by atoms with Gasteiger partial charge in [-0.1, -0.05) is 54.1 Å². The Kier molecular flexibility index (Phi) is 2.99. The van der Waals surface area contributed by atoms with Gasteiger partial charge in [-0.15, -0.1) is 0 Å². The number of aryl methyl sites for hydroxylation is 2. The van der Waals surface area contributed by atoms with Gasteiger partial charge in [-0.2, -0.15) is 0 Å². The number of aliphatic hydroxyl groups is 1. The van der Waals surface area contributed by atoms with Gasteiger partial charge in [-0.25, -0.2) is 0 Å². The van der Waals surface area contributed by atoms with E-state index in [2.05, 4.69) is 30.3 Å². The lowest BCUT2D eigenvalue weighted by Crippen LogP contribution is -2.01. The Balaban J connectivity index is 1.89. The zero-order valence-corrected chi connectivity index (χ0v) is 12.3. The summed E-state index contributed by atoms with van der Waals surface area (Å²) in [6.07, 6.45) is 1.59. The van der Waals surface area contributed by atoms with Crippen LogP contribution in [0.3, 0.4) is 0 Å². The molecule has 0 saturated carbocycles. The van der Waals surface area contributed by atoms with Crippen LogP contribution in [0, 0.1) is 0 Å². The third-order valence-corrected chi connectivity index (χ3v) is 4.64. The molecule has 3 aromatic rings. The highest BCUT2D eigenvalue weighted by Gasteiger charge is 2.19. The van der Waals surface area contributed by atoms with Crippen molar-refractivity contribution < 1.29 is 5.11 Å². The maximum absolute atomic E-state index is 10.7. The van der Waals surface area contributed by atoms with Crippen LogP contribution in [0.15, 0.2) is 54.6 Å². The minimum Gasteiger partial charge on any atom is -0.384 e. The third-order valence-electron chi connectivity index (χ3n) is 4.39. The molecule has 0 bridgehead atoms. The first kappa shape index (κ1) is 12.9. The molecule has 1 nitrogen and oxygen atoms in total. The first-order valence-electron chi connectivity index (χ1n) is 7.21. The molecule has 1 atom stereocenters. The molecule has 0 radical (unpaired) electrons. The molecule has 0 heterocycles. The molecule has 0 fully saturated rings. The molecule has 1 N–H and O–H groups in total. The normalized spacial score (nSPS) is 14.6. The van der Waals surface area contributed by atoms with Crippen molar-refractivity contribution in [3.05, 3.63) is 81.9 Å². The monoisotopic (exact) mass is 294 g/mol. The largest absolute Gasteiger partial charge is 0.384 e. The summed E-state index contributed by atoms with van der Waals surface area (Å²) in [7, 11) is 0. The van der Waals surface area contributed by atoms with E-state index in [1.165, 1.54) is 21.9 Å². The Morgan fingerprint density at radius 2 is 1.57 bits per heavy atom. The summed E-state index contributed by atoms with van der Waals surface area (Å²) < 4.78 is 0. The maximum atomic E-state index is 10.7. The molecule has 0 aromatic heterocycles. The minimum absolute atomic E-state index is 0.618. The van der Waals surface area contributed by atoms with Gasteiger partial charge in [0.05, 0.1) is 0 Å². The molecule has 1 aliphatic rings. The molecule has 4 rings (SSSR count). The lowest BCUT2D eigenvalue weighted by molar-refractivity contribution is 0.222. The average Bonchev–Trinajstić information content (AvgIpc) is 2.93. The van der Waals surface area contributed by atoms with Crippen LogP contribution in [0.1, 0.15) is 28.4 Å². The topological polar surface area (TPSA) is 20.2 Å². The lowest BCUT2D eigenvalue weighted by atomic mass is 9.93. The molecular formula is C19H15ClO. The fraction of sp³-hybridized carbons (Fsp3) is 0.158. The van der Waals surface area contributed by atoms with Gasteiger partial charge in [0.15, 0.2) is 0 Å². The summed E-state index contributed by atoms with van der Waals surface area (Å²) in [5.41, 5.74) is 4.64. The second-order valence-electron chi connectivity index (χ2n) is 5.61. The van der Waals surface area contributed by atoms with Gasteiger partial charge in [-0.05, 0) is 58.0 Å². The van der Waals surface area contributed by atoms with E-state index < -0.39 is 6.10 Å². The zero-order chi connectivity index (χ0) is 14.4. The molecule has 104 valence electrons. The van der Waals surface area contributed by atoms with Crippen LogP contribution in [0.25, 0.3) is 10.8 Å². The maximum Gasteiger partial charge on any atom is 0.105 e. The molecule has 0 amide bonds. The van der Waals surface area contributed by atoms with Crippen molar-refractivity contribution in [2.45, 2.75) is 18.9 Å². The Bertz CT molecular complexity index is 811. The van der Waals surface area contributed by atoms with Gasteiger partial charge in [0.25, 0.3) is 0 Å². The smallest absolute Gasteiger partial charge is 0.105 e. The fourth-order valence-corrected chi connectivity index (χ4v) is 3.46. The highest BCUT2D eigenvalue weighted by molar-refractivity contribution is 6.30. The van der Waals surface area contributed by atoms with Gasteiger partial charge in [0.2, 0.25) is 0 Å². The van der Waals surface area contributed by atoms with Crippen LogP contribution >= 0.6 is 11.6 Å². The van der Waals surface area contributed by atoms with E-state index in [1.54, 1.807) is 0 Å². The highest BCUT2D eigenvalue weighted by atomic mass is 35.5. The molecule has 0 aliphatic heterocycles. The lowest BCUT2D eigenvalue weighted by Gasteiger charge is -2.15. The molecule has 1 unspecified atom stereocenters. The molecule has 21 heavy (non-hydrogen) atoms. The minimum atomic E-state index is -0.618. The molecule has 0 saturated heterocycles. The Hall–Kier alpha value is -1.83. The first-order valence-corrected chi connectivity index (χ1v) is 7.59. The number of halogens is 1. The van der Waals surface area contributed by atoms with Crippen molar-refractivity contribution in [2.75, 3.05) is 0 Å². The number of rotatable bonds is 2. The van der Waals surface area contributed by atoms with E-state index in [0.29, 0.717) is 5.02 Å². The van der Waals surface area contributed by atoms with Gasteiger partial charge < -0.3 is 5.11 Å². The molecule has 2 heteroatoms.